The fourth-order valence-electron chi connectivity index (χ4n) is 6.33. The van der Waals surface area contributed by atoms with Gasteiger partial charge in [0.2, 0.25) is 0 Å². The van der Waals surface area contributed by atoms with E-state index >= 15 is 0 Å². The van der Waals surface area contributed by atoms with Crippen LogP contribution in [0, 0.1) is 0 Å². The molecule has 0 spiro atoms. The highest BCUT2D eigenvalue weighted by Gasteiger charge is 2.28. The number of hydrogen-bond donors (Lipinski definition) is 0. The fourth-order valence-corrected chi connectivity index (χ4v) is 6.33. The molecule has 0 unspecified atom stereocenters. The number of nitrogens with zero attached hydrogens (tertiary/aromatic N) is 5. The van der Waals surface area contributed by atoms with E-state index in [9.17, 15) is 17.6 Å². The third kappa shape index (κ3) is 17.6. The van der Waals surface area contributed by atoms with Crippen LogP contribution in [0.5, 0.6) is 23.0 Å². The van der Waals surface area contributed by atoms with Gasteiger partial charge in [0.1, 0.15) is 41.0 Å². The van der Waals surface area contributed by atoms with Crippen molar-refractivity contribution >= 4 is 11.0 Å². The standard InChI is InChI=1S/C40H65N5O4.C5H6F4/c1-10-17-24-45-36-29-34(46-26-18-22-42(11-2)12-3)31-38(47-27-19-23-43(13-4)14-5)39(36)41-40(45)35-21-20-33(49-32(8)9)30-37(35)48-28-25-44(15-6)16-7;1-2-4(6)3-5(7,8)9/h20-21,29-31H,8,10-19,22-28H2,1-7,9H3;2H,3H2,1H3/b;4-2+. The molecule has 0 atom stereocenters. The molecule has 3 aromatic rings. The molecule has 328 valence electrons. The number of fused-ring (bicyclic) bond motifs is 1. The summed E-state index contributed by atoms with van der Waals surface area (Å²) in [6.07, 6.45) is -1.09. The van der Waals surface area contributed by atoms with Gasteiger partial charge in [0.25, 0.3) is 0 Å². The molecule has 0 aliphatic heterocycles. The van der Waals surface area contributed by atoms with Gasteiger partial charge in [0.05, 0.1) is 36.5 Å². The van der Waals surface area contributed by atoms with Crippen molar-refractivity contribution in [1.29, 1.82) is 0 Å². The first-order valence-corrected chi connectivity index (χ1v) is 21.2. The lowest BCUT2D eigenvalue weighted by molar-refractivity contribution is -0.130. The monoisotopic (exact) mass is 822 g/mol. The van der Waals surface area contributed by atoms with Gasteiger partial charge in [0.15, 0.2) is 5.75 Å². The number of allylic oxidation sites excluding steroid dienone is 3. The summed E-state index contributed by atoms with van der Waals surface area (Å²) in [5.74, 6) is 3.37. The summed E-state index contributed by atoms with van der Waals surface area (Å²) in [6, 6.07) is 10.2. The molecule has 0 radical (unpaired) electrons. The molecule has 13 heteroatoms. The number of benzene rings is 2. The van der Waals surface area contributed by atoms with Crippen molar-refractivity contribution in [1.82, 2.24) is 24.3 Å². The van der Waals surface area contributed by atoms with E-state index in [1.165, 1.54) is 6.92 Å². The Morgan fingerprint density at radius 2 is 1.29 bits per heavy atom. The number of imidazole rings is 1. The first kappa shape index (κ1) is 50.3. The Bertz CT molecular complexity index is 1650. The van der Waals surface area contributed by atoms with Gasteiger partial charge >= 0.3 is 6.18 Å². The van der Waals surface area contributed by atoms with E-state index in [1.807, 2.05) is 25.1 Å². The summed E-state index contributed by atoms with van der Waals surface area (Å²) in [6.45, 7) is 34.1. The van der Waals surface area contributed by atoms with E-state index in [4.69, 9.17) is 23.9 Å². The number of alkyl halides is 3. The molecule has 0 bridgehead atoms. The molecule has 2 aromatic carbocycles. The number of aromatic nitrogens is 2. The number of ether oxygens (including phenoxy) is 4. The lowest BCUT2D eigenvalue weighted by atomic mass is 10.1. The minimum Gasteiger partial charge on any atom is -0.493 e. The molecule has 58 heavy (non-hydrogen) atoms. The zero-order valence-electron chi connectivity index (χ0n) is 36.8. The van der Waals surface area contributed by atoms with Crippen LogP contribution in [0.2, 0.25) is 0 Å². The number of hydrogen-bond acceptors (Lipinski definition) is 8. The lowest BCUT2D eigenvalue weighted by Crippen LogP contribution is -2.28. The second-order valence-electron chi connectivity index (χ2n) is 14.1. The predicted octanol–water partition coefficient (Wildman–Crippen LogP) is 11.2. The summed E-state index contributed by atoms with van der Waals surface area (Å²) in [5.41, 5.74) is 2.79. The lowest BCUT2D eigenvalue weighted by Gasteiger charge is -2.20. The van der Waals surface area contributed by atoms with Gasteiger partial charge < -0.3 is 38.2 Å². The van der Waals surface area contributed by atoms with Crippen LogP contribution in [0.4, 0.5) is 17.6 Å². The van der Waals surface area contributed by atoms with Crippen LogP contribution >= 0.6 is 0 Å². The minimum atomic E-state index is -4.42. The molecular weight excluding hydrogens is 751 g/mol. The van der Waals surface area contributed by atoms with Crippen molar-refractivity contribution in [2.75, 3.05) is 78.7 Å². The number of rotatable bonds is 27. The van der Waals surface area contributed by atoms with Crippen LogP contribution in [-0.2, 0) is 6.54 Å². The van der Waals surface area contributed by atoms with Crippen molar-refractivity contribution in [3.8, 4) is 34.4 Å². The predicted molar refractivity (Wildman–Crippen MR) is 230 cm³/mol. The van der Waals surface area contributed by atoms with E-state index in [2.05, 4.69) is 86.4 Å². The van der Waals surface area contributed by atoms with E-state index in [1.54, 1.807) is 0 Å². The summed E-state index contributed by atoms with van der Waals surface area (Å²) in [7, 11) is 0. The molecule has 9 nitrogen and oxygen atoms in total. The fraction of sp³-hybridized carbons (Fsp3) is 0.622. The molecule has 0 saturated heterocycles. The van der Waals surface area contributed by atoms with E-state index in [0.29, 0.717) is 31.3 Å². The van der Waals surface area contributed by atoms with Crippen molar-refractivity contribution < 1.29 is 36.5 Å². The summed E-state index contributed by atoms with van der Waals surface area (Å²) < 4.78 is 73.1. The quantitative estimate of drug-likeness (QED) is 0.0428. The van der Waals surface area contributed by atoms with Gasteiger partial charge in [-0.05, 0) is 84.5 Å². The third-order valence-electron chi connectivity index (χ3n) is 9.81. The first-order chi connectivity index (χ1) is 27.8. The maximum atomic E-state index is 11.8. The molecule has 0 fully saturated rings. The number of unbranched alkanes of at least 4 members (excludes halogenated alkanes) is 1. The molecule has 1 aromatic heterocycles. The molecular formula is C45H71F4N5O4. The number of halogens is 4. The summed E-state index contributed by atoms with van der Waals surface area (Å²) in [4.78, 5) is 12.5. The Hall–Kier alpha value is -3.81. The highest BCUT2D eigenvalue weighted by atomic mass is 19.4. The normalized spacial score (nSPS) is 12.0. The van der Waals surface area contributed by atoms with Crippen molar-refractivity contribution in [3.05, 3.63) is 54.6 Å². The minimum absolute atomic E-state index is 0.562. The van der Waals surface area contributed by atoms with Gasteiger partial charge in [0, 0.05) is 44.4 Å². The number of aryl methyl sites for hydroxylation is 1. The van der Waals surface area contributed by atoms with Crippen molar-refractivity contribution in [2.45, 2.75) is 107 Å². The van der Waals surface area contributed by atoms with Gasteiger partial charge in [-0.25, -0.2) is 9.37 Å². The van der Waals surface area contributed by atoms with Crippen LogP contribution < -0.4 is 18.9 Å². The van der Waals surface area contributed by atoms with E-state index < -0.39 is 18.4 Å². The van der Waals surface area contributed by atoms with E-state index in [0.717, 1.165) is 137 Å². The Morgan fingerprint density at radius 1 is 0.741 bits per heavy atom. The van der Waals surface area contributed by atoms with Crippen LogP contribution in [0.1, 0.15) is 94.4 Å². The molecule has 0 aliphatic rings. The van der Waals surface area contributed by atoms with Crippen molar-refractivity contribution in [3.63, 3.8) is 0 Å². The first-order valence-electron chi connectivity index (χ1n) is 21.2. The van der Waals surface area contributed by atoms with Crippen LogP contribution in [0.25, 0.3) is 22.4 Å². The molecule has 1 heterocycles. The molecule has 0 aliphatic carbocycles. The number of likely N-dealkylation sites (N-methyl/N-ethyl adjacent to an activating group) is 1. The average Bonchev–Trinajstić information content (AvgIpc) is 3.56. The zero-order chi connectivity index (χ0) is 43.1. The smallest absolute Gasteiger partial charge is 0.395 e. The molecule has 0 N–H and O–H groups in total. The molecule has 3 rings (SSSR count). The zero-order valence-corrected chi connectivity index (χ0v) is 36.8. The Labute approximate surface area is 346 Å². The Balaban J connectivity index is 0.00000115. The second kappa shape index (κ2) is 27.0. The third-order valence-corrected chi connectivity index (χ3v) is 9.81. The van der Waals surface area contributed by atoms with Gasteiger partial charge in [-0.15, -0.1) is 0 Å². The van der Waals surface area contributed by atoms with Gasteiger partial charge in [-0.2, -0.15) is 13.2 Å². The summed E-state index contributed by atoms with van der Waals surface area (Å²) in [5, 5.41) is 0. The maximum Gasteiger partial charge on any atom is 0.395 e. The Kier molecular flexibility index (Phi) is 23.5. The second-order valence-corrected chi connectivity index (χ2v) is 14.1. The van der Waals surface area contributed by atoms with Crippen molar-refractivity contribution in [2.24, 2.45) is 0 Å². The van der Waals surface area contributed by atoms with Gasteiger partial charge in [-0.1, -0.05) is 67.5 Å². The summed E-state index contributed by atoms with van der Waals surface area (Å²) >= 11 is 0. The Morgan fingerprint density at radius 3 is 1.81 bits per heavy atom. The molecule has 0 amide bonds. The molecule has 0 saturated carbocycles. The van der Waals surface area contributed by atoms with Gasteiger partial charge in [-0.3, -0.25) is 0 Å². The van der Waals surface area contributed by atoms with Crippen LogP contribution in [0.15, 0.2) is 54.6 Å². The van der Waals surface area contributed by atoms with Crippen LogP contribution in [0.3, 0.4) is 0 Å². The average molecular weight is 822 g/mol. The SMILES string of the molecule is C/C=C(/F)CC(F)(F)F.C=C(C)Oc1ccc(-c2nc3c(OCCCN(CC)CC)cc(OCCCN(CC)CC)cc3n2CCCC)c(OCCN(CC)CC)c1. The van der Waals surface area contributed by atoms with Crippen LogP contribution in [-0.4, -0.2) is 109 Å². The van der Waals surface area contributed by atoms with E-state index in [-0.39, 0.29) is 0 Å². The highest BCUT2D eigenvalue weighted by Crippen LogP contribution is 2.39. The highest BCUT2D eigenvalue weighted by molar-refractivity contribution is 5.88. The largest absolute Gasteiger partial charge is 0.493 e. The maximum absolute atomic E-state index is 11.8. The topological polar surface area (TPSA) is 64.5 Å².